The highest BCUT2D eigenvalue weighted by atomic mass is 16.1. The minimum atomic E-state index is 0.155. The van der Waals surface area contributed by atoms with Crippen LogP contribution in [0, 0.1) is 12.8 Å². The number of carbonyl (C=O) groups is 1. The fourth-order valence-corrected chi connectivity index (χ4v) is 1.57. The van der Waals surface area contributed by atoms with Gasteiger partial charge in [-0.3, -0.25) is 4.79 Å². The largest absolute Gasteiger partial charge is 0.294 e. The van der Waals surface area contributed by atoms with E-state index in [0.29, 0.717) is 0 Å². The number of rotatable bonds is 4. The molecule has 0 heterocycles. The van der Waals surface area contributed by atoms with Crippen molar-refractivity contribution in [2.45, 2.75) is 33.6 Å². The molecule has 0 fully saturated rings. The van der Waals surface area contributed by atoms with Gasteiger partial charge < -0.3 is 0 Å². The lowest BCUT2D eigenvalue weighted by Gasteiger charge is -2.08. The Hall–Kier alpha value is -1.11. The van der Waals surface area contributed by atoms with Crippen molar-refractivity contribution in [2.24, 2.45) is 5.92 Å². The van der Waals surface area contributed by atoms with Crippen molar-refractivity contribution in [2.75, 3.05) is 0 Å². The topological polar surface area (TPSA) is 17.1 Å². The molecular formula is C13H18O. The van der Waals surface area contributed by atoms with Gasteiger partial charge in [-0.05, 0) is 13.3 Å². The summed E-state index contributed by atoms with van der Waals surface area (Å²) in [6, 6.07) is 7.82. The molecular weight excluding hydrogens is 172 g/mol. The molecule has 76 valence electrons. The summed E-state index contributed by atoms with van der Waals surface area (Å²) in [5.74, 6) is 0.426. The second kappa shape index (κ2) is 4.94. The fraction of sp³-hybridized carbons (Fsp3) is 0.462. The van der Waals surface area contributed by atoms with Crippen molar-refractivity contribution >= 4 is 5.78 Å². The Morgan fingerprint density at radius 1 is 1.29 bits per heavy atom. The summed E-state index contributed by atoms with van der Waals surface area (Å²) in [6.07, 6.45) is 2.05. The number of hydrogen-bond donors (Lipinski definition) is 0. The lowest BCUT2D eigenvalue weighted by molar-refractivity contribution is 0.0923. The maximum Gasteiger partial charge on any atom is 0.165 e. The lowest BCUT2D eigenvalue weighted by Crippen LogP contribution is -2.10. The van der Waals surface area contributed by atoms with E-state index in [0.717, 1.165) is 18.4 Å². The van der Waals surface area contributed by atoms with Gasteiger partial charge in [0.25, 0.3) is 0 Å². The van der Waals surface area contributed by atoms with E-state index >= 15 is 0 Å². The minimum absolute atomic E-state index is 0.155. The summed E-state index contributed by atoms with van der Waals surface area (Å²) in [6.45, 7) is 6.15. The first kappa shape index (κ1) is 11.0. The zero-order chi connectivity index (χ0) is 10.6. The summed E-state index contributed by atoms with van der Waals surface area (Å²) in [5.41, 5.74) is 2.04. The highest BCUT2D eigenvalue weighted by Crippen LogP contribution is 2.14. The molecule has 0 bridgehead atoms. The van der Waals surface area contributed by atoms with Crippen LogP contribution in [0.5, 0.6) is 0 Å². The van der Waals surface area contributed by atoms with Gasteiger partial charge >= 0.3 is 0 Å². The van der Waals surface area contributed by atoms with Crippen LogP contribution in [0.15, 0.2) is 24.3 Å². The number of benzene rings is 1. The summed E-state index contributed by atoms with van der Waals surface area (Å²) in [5, 5.41) is 0. The quantitative estimate of drug-likeness (QED) is 0.663. The first-order chi connectivity index (χ1) is 6.65. The number of aryl methyl sites for hydroxylation is 1. The zero-order valence-corrected chi connectivity index (χ0v) is 9.21. The van der Waals surface area contributed by atoms with Gasteiger partial charge in [0.1, 0.15) is 0 Å². The average molecular weight is 190 g/mol. The van der Waals surface area contributed by atoms with Crippen LogP contribution in [0.2, 0.25) is 0 Å². The molecule has 1 heteroatoms. The monoisotopic (exact) mass is 190 g/mol. The third kappa shape index (κ3) is 2.69. The van der Waals surface area contributed by atoms with Gasteiger partial charge in [0.05, 0.1) is 0 Å². The Morgan fingerprint density at radius 3 is 2.36 bits per heavy atom. The summed E-state index contributed by atoms with van der Waals surface area (Å²) < 4.78 is 0. The number of hydrogen-bond acceptors (Lipinski definition) is 1. The van der Waals surface area contributed by atoms with E-state index in [-0.39, 0.29) is 11.7 Å². The molecule has 0 amide bonds. The number of Topliss-reactive ketones (excluding diaryl/α,β-unsaturated/α-hetero) is 1. The van der Waals surface area contributed by atoms with Crippen LogP contribution in [0.25, 0.3) is 0 Å². The first-order valence-corrected chi connectivity index (χ1v) is 5.26. The smallest absolute Gasteiger partial charge is 0.165 e. The Bertz CT molecular complexity index is 298. The summed E-state index contributed by atoms with van der Waals surface area (Å²) >= 11 is 0. The van der Waals surface area contributed by atoms with E-state index in [4.69, 9.17) is 0 Å². The van der Waals surface area contributed by atoms with Crippen molar-refractivity contribution < 1.29 is 4.79 Å². The molecule has 0 saturated heterocycles. The van der Waals surface area contributed by atoms with Crippen molar-refractivity contribution in [3.63, 3.8) is 0 Å². The van der Waals surface area contributed by atoms with Gasteiger partial charge in [0, 0.05) is 11.5 Å². The average Bonchev–Trinajstić information content (AvgIpc) is 2.18. The third-order valence-corrected chi connectivity index (χ3v) is 2.51. The maximum absolute atomic E-state index is 11.8. The molecule has 0 saturated carbocycles. The van der Waals surface area contributed by atoms with E-state index in [9.17, 15) is 4.79 Å². The predicted octanol–water partition coefficient (Wildman–Crippen LogP) is 3.61. The predicted molar refractivity (Wildman–Crippen MR) is 59.6 cm³/mol. The van der Waals surface area contributed by atoms with Crippen molar-refractivity contribution in [1.82, 2.24) is 0 Å². The van der Waals surface area contributed by atoms with E-state index in [2.05, 4.69) is 6.92 Å². The Kier molecular flexibility index (Phi) is 3.87. The highest BCUT2D eigenvalue weighted by Gasteiger charge is 2.13. The second-order valence-electron chi connectivity index (χ2n) is 3.92. The molecule has 1 rings (SSSR count). The molecule has 1 atom stereocenters. The molecule has 0 aromatic heterocycles. The molecule has 1 aromatic rings. The fourth-order valence-electron chi connectivity index (χ4n) is 1.57. The molecule has 0 aliphatic carbocycles. The molecule has 0 spiro atoms. The third-order valence-electron chi connectivity index (χ3n) is 2.51. The molecule has 0 N–H and O–H groups in total. The van der Waals surface area contributed by atoms with Gasteiger partial charge in [-0.25, -0.2) is 0 Å². The van der Waals surface area contributed by atoms with E-state index in [1.165, 1.54) is 5.56 Å². The minimum Gasteiger partial charge on any atom is -0.294 e. The maximum atomic E-state index is 11.8. The van der Waals surface area contributed by atoms with Crippen LogP contribution in [-0.2, 0) is 0 Å². The van der Waals surface area contributed by atoms with E-state index in [1.54, 1.807) is 0 Å². The summed E-state index contributed by atoms with van der Waals surface area (Å²) in [7, 11) is 0. The number of carbonyl (C=O) groups excluding carboxylic acids is 1. The normalized spacial score (nSPS) is 12.5. The standard InChI is InChI=1S/C13H18O/c1-4-5-11(3)13(14)12-8-6-10(2)7-9-12/h6-9,11H,4-5H2,1-3H3. The number of ketones is 1. The van der Waals surface area contributed by atoms with Crippen LogP contribution < -0.4 is 0 Å². The molecule has 0 radical (unpaired) electrons. The molecule has 1 nitrogen and oxygen atoms in total. The van der Waals surface area contributed by atoms with E-state index < -0.39 is 0 Å². The van der Waals surface area contributed by atoms with Crippen molar-refractivity contribution in [1.29, 1.82) is 0 Å². The Morgan fingerprint density at radius 2 is 1.86 bits per heavy atom. The van der Waals surface area contributed by atoms with Gasteiger partial charge in [-0.1, -0.05) is 50.1 Å². The van der Waals surface area contributed by atoms with Gasteiger partial charge in [0.2, 0.25) is 0 Å². The molecule has 14 heavy (non-hydrogen) atoms. The van der Waals surface area contributed by atoms with Crippen LogP contribution in [-0.4, -0.2) is 5.78 Å². The van der Waals surface area contributed by atoms with Crippen molar-refractivity contribution in [3.05, 3.63) is 35.4 Å². The van der Waals surface area contributed by atoms with E-state index in [1.807, 2.05) is 38.1 Å². The Balaban J connectivity index is 2.74. The van der Waals surface area contributed by atoms with Crippen LogP contribution in [0.4, 0.5) is 0 Å². The molecule has 1 aromatic carbocycles. The second-order valence-corrected chi connectivity index (χ2v) is 3.92. The lowest BCUT2D eigenvalue weighted by atomic mass is 9.95. The van der Waals surface area contributed by atoms with Crippen molar-refractivity contribution in [3.8, 4) is 0 Å². The van der Waals surface area contributed by atoms with Crippen LogP contribution in [0.3, 0.4) is 0 Å². The Labute approximate surface area is 86.1 Å². The summed E-state index contributed by atoms with van der Waals surface area (Å²) in [4.78, 5) is 11.8. The van der Waals surface area contributed by atoms with Crippen LogP contribution >= 0.6 is 0 Å². The zero-order valence-electron chi connectivity index (χ0n) is 9.21. The molecule has 0 aliphatic heterocycles. The molecule has 1 unspecified atom stereocenters. The van der Waals surface area contributed by atoms with Crippen LogP contribution in [0.1, 0.15) is 42.6 Å². The molecule has 0 aliphatic rings. The van der Waals surface area contributed by atoms with Gasteiger partial charge in [-0.15, -0.1) is 0 Å². The SMILES string of the molecule is CCCC(C)C(=O)c1ccc(C)cc1. The van der Waals surface area contributed by atoms with Gasteiger partial charge in [0.15, 0.2) is 5.78 Å². The first-order valence-electron chi connectivity index (χ1n) is 5.26. The highest BCUT2D eigenvalue weighted by molar-refractivity contribution is 5.97. The van der Waals surface area contributed by atoms with Gasteiger partial charge in [-0.2, -0.15) is 0 Å².